The normalized spacial score (nSPS) is 17.6. The van der Waals surface area contributed by atoms with Crippen LogP contribution in [-0.4, -0.2) is 41.6 Å². The number of benzene rings is 1. The van der Waals surface area contributed by atoms with Gasteiger partial charge in [0, 0.05) is 25.6 Å². The van der Waals surface area contributed by atoms with Gasteiger partial charge in [0.15, 0.2) is 0 Å². The molecule has 1 aromatic rings. The Morgan fingerprint density at radius 3 is 2.62 bits per heavy atom. The molecular weight excluding hydrogens is 304 g/mol. The molecule has 0 saturated carbocycles. The lowest BCUT2D eigenvalue weighted by molar-refractivity contribution is -0.131. The van der Waals surface area contributed by atoms with Gasteiger partial charge in [-0.1, -0.05) is 30.3 Å². The fourth-order valence-electron chi connectivity index (χ4n) is 2.99. The number of amides is 2. The van der Waals surface area contributed by atoms with Gasteiger partial charge in [-0.15, -0.1) is 0 Å². The number of hydrogen-bond acceptors (Lipinski definition) is 3. The smallest absolute Gasteiger partial charge is 0.407 e. The monoisotopic (exact) mass is 332 g/mol. The zero-order chi connectivity index (χ0) is 17.6. The molecule has 1 fully saturated rings. The van der Waals surface area contributed by atoms with Crippen LogP contribution in [0.1, 0.15) is 45.6 Å². The molecule has 1 atom stereocenters. The summed E-state index contributed by atoms with van der Waals surface area (Å²) in [4.78, 5) is 26.0. The Morgan fingerprint density at radius 2 is 1.96 bits per heavy atom. The molecular formula is C19H28N2O3. The third-order valence-electron chi connectivity index (χ3n) is 4.02. The fourth-order valence-corrected chi connectivity index (χ4v) is 2.99. The Hall–Kier alpha value is -2.04. The second-order valence-corrected chi connectivity index (χ2v) is 7.25. The van der Waals surface area contributed by atoms with E-state index in [0.29, 0.717) is 13.0 Å². The predicted octanol–water partition coefficient (Wildman–Crippen LogP) is 3.13. The second kappa shape index (κ2) is 8.18. The Morgan fingerprint density at radius 1 is 1.25 bits per heavy atom. The first-order chi connectivity index (χ1) is 11.3. The molecule has 0 radical (unpaired) electrons. The highest BCUT2D eigenvalue weighted by atomic mass is 16.6. The molecule has 0 spiro atoms. The number of rotatable bonds is 5. The molecule has 24 heavy (non-hydrogen) atoms. The maximum Gasteiger partial charge on any atom is 0.407 e. The molecule has 2 rings (SSSR count). The van der Waals surface area contributed by atoms with Crippen LogP contribution in [0, 0.1) is 0 Å². The standard InChI is InChI=1S/C19H28N2O3/c1-19(2,3)24-18(23)20-12-11-17(22)21-13-7-10-16(21)14-15-8-5-4-6-9-15/h4-6,8-9,16H,7,10-14H2,1-3H3,(H,20,23). The molecule has 1 aliphatic heterocycles. The summed E-state index contributed by atoms with van der Waals surface area (Å²) in [7, 11) is 0. The van der Waals surface area contributed by atoms with E-state index in [1.54, 1.807) is 0 Å². The molecule has 1 saturated heterocycles. The van der Waals surface area contributed by atoms with E-state index < -0.39 is 11.7 Å². The highest BCUT2D eigenvalue weighted by Crippen LogP contribution is 2.21. The van der Waals surface area contributed by atoms with Gasteiger partial charge in [0.2, 0.25) is 5.91 Å². The third kappa shape index (κ3) is 5.87. The summed E-state index contributed by atoms with van der Waals surface area (Å²) in [5.74, 6) is 0.101. The van der Waals surface area contributed by atoms with E-state index in [9.17, 15) is 9.59 Å². The Bertz CT molecular complexity index is 551. The van der Waals surface area contributed by atoms with Crippen LogP contribution in [0.4, 0.5) is 4.79 Å². The summed E-state index contributed by atoms with van der Waals surface area (Å²) in [5, 5.41) is 2.65. The lowest BCUT2D eigenvalue weighted by Gasteiger charge is -2.25. The number of hydrogen-bond donors (Lipinski definition) is 1. The van der Waals surface area contributed by atoms with E-state index >= 15 is 0 Å². The van der Waals surface area contributed by atoms with Crippen molar-refractivity contribution in [1.29, 1.82) is 0 Å². The van der Waals surface area contributed by atoms with Crippen molar-refractivity contribution in [3.05, 3.63) is 35.9 Å². The number of alkyl carbamates (subject to hydrolysis) is 1. The summed E-state index contributed by atoms with van der Waals surface area (Å²) >= 11 is 0. The molecule has 1 heterocycles. The number of ether oxygens (including phenoxy) is 1. The van der Waals surface area contributed by atoms with Crippen molar-refractivity contribution in [3.63, 3.8) is 0 Å². The second-order valence-electron chi connectivity index (χ2n) is 7.25. The van der Waals surface area contributed by atoms with E-state index in [-0.39, 0.29) is 11.9 Å². The number of likely N-dealkylation sites (tertiary alicyclic amines) is 1. The van der Waals surface area contributed by atoms with Gasteiger partial charge in [-0.3, -0.25) is 4.79 Å². The summed E-state index contributed by atoms with van der Waals surface area (Å²) < 4.78 is 5.17. The summed E-state index contributed by atoms with van der Waals surface area (Å²) in [6.45, 7) is 6.56. The van der Waals surface area contributed by atoms with Gasteiger partial charge >= 0.3 is 6.09 Å². The van der Waals surface area contributed by atoms with Crippen molar-refractivity contribution < 1.29 is 14.3 Å². The van der Waals surface area contributed by atoms with Crippen LogP contribution in [0.3, 0.4) is 0 Å². The summed E-state index contributed by atoms with van der Waals surface area (Å²) in [5.41, 5.74) is 0.734. The maximum absolute atomic E-state index is 12.4. The van der Waals surface area contributed by atoms with E-state index in [0.717, 1.165) is 25.8 Å². The minimum Gasteiger partial charge on any atom is -0.444 e. The van der Waals surface area contributed by atoms with Crippen LogP contribution in [0.25, 0.3) is 0 Å². The Kier molecular flexibility index (Phi) is 6.23. The first kappa shape index (κ1) is 18.3. The molecule has 1 N–H and O–H groups in total. The molecule has 1 aromatic carbocycles. The minimum absolute atomic E-state index is 0.101. The van der Waals surface area contributed by atoms with E-state index in [1.165, 1.54) is 5.56 Å². The molecule has 132 valence electrons. The topological polar surface area (TPSA) is 58.6 Å². The van der Waals surface area contributed by atoms with Crippen LogP contribution >= 0.6 is 0 Å². The third-order valence-corrected chi connectivity index (χ3v) is 4.02. The average molecular weight is 332 g/mol. The molecule has 0 aliphatic carbocycles. The van der Waals surface area contributed by atoms with E-state index in [4.69, 9.17) is 4.74 Å². The number of nitrogens with one attached hydrogen (secondary N) is 1. The molecule has 5 heteroatoms. The molecule has 0 bridgehead atoms. The lowest BCUT2D eigenvalue weighted by Crippen LogP contribution is -2.39. The Balaban J connectivity index is 1.78. The lowest BCUT2D eigenvalue weighted by atomic mass is 10.0. The van der Waals surface area contributed by atoms with Gasteiger partial charge < -0.3 is 15.0 Å². The van der Waals surface area contributed by atoms with Crippen molar-refractivity contribution in [2.75, 3.05) is 13.1 Å². The first-order valence-electron chi connectivity index (χ1n) is 8.65. The predicted molar refractivity (Wildman–Crippen MR) is 93.7 cm³/mol. The van der Waals surface area contributed by atoms with Crippen LogP contribution in [0.5, 0.6) is 0 Å². The summed E-state index contributed by atoms with van der Waals surface area (Å²) in [6.07, 6.45) is 2.82. The fraction of sp³-hybridized carbons (Fsp3) is 0.579. The van der Waals surface area contributed by atoms with Crippen molar-refractivity contribution in [2.45, 2.75) is 58.1 Å². The van der Waals surface area contributed by atoms with Crippen molar-refractivity contribution >= 4 is 12.0 Å². The molecule has 0 aromatic heterocycles. The van der Waals surface area contributed by atoms with Gasteiger partial charge in [0.1, 0.15) is 5.60 Å². The minimum atomic E-state index is -0.524. The highest BCUT2D eigenvalue weighted by molar-refractivity contribution is 5.78. The molecule has 1 unspecified atom stereocenters. The van der Waals surface area contributed by atoms with Crippen LogP contribution in [0.15, 0.2) is 30.3 Å². The highest BCUT2D eigenvalue weighted by Gasteiger charge is 2.28. The van der Waals surface area contributed by atoms with Gasteiger partial charge in [-0.05, 0) is 45.6 Å². The number of nitrogens with zero attached hydrogens (tertiary/aromatic N) is 1. The van der Waals surface area contributed by atoms with Crippen LogP contribution in [-0.2, 0) is 16.0 Å². The number of carbonyl (C=O) groups excluding carboxylic acids is 2. The van der Waals surface area contributed by atoms with Gasteiger partial charge in [0.05, 0.1) is 0 Å². The zero-order valence-electron chi connectivity index (χ0n) is 14.9. The largest absolute Gasteiger partial charge is 0.444 e. The first-order valence-corrected chi connectivity index (χ1v) is 8.65. The van der Waals surface area contributed by atoms with Gasteiger partial charge in [-0.25, -0.2) is 4.79 Å². The molecule has 1 aliphatic rings. The average Bonchev–Trinajstić information content (AvgIpc) is 2.94. The van der Waals surface area contributed by atoms with Gasteiger partial charge in [0.25, 0.3) is 0 Å². The quantitative estimate of drug-likeness (QED) is 0.901. The van der Waals surface area contributed by atoms with Crippen LogP contribution < -0.4 is 5.32 Å². The SMILES string of the molecule is CC(C)(C)OC(=O)NCCC(=O)N1CCCC1Cc1ccccc1. The van der Waals surface area contributed by atoms with Gasteiger partial charge in [-0.2, -0.15) is 0 Å². The molecule has 5 nitrogen and oxygen atoms in total. The van der Waals surface area contributed by atoms with Crippen molar-refractivity contribution in [3.8, 4) is 0 Å². The van der Waals surface area contributed by atoms with E-state index in [1.807, 2.05) is 43.9 Å². The molecule has 2 amide bonds. The summed E-state index contributed by atoms with van der Waals surface area (Å²) in [6, 6.07) is 10.5. The maximum atomic E-state index is 12.4. The van der Waals surface area contributed by atoms with Crippen molar-refractivity contribution in [2.24, 2.45) is 0 Å². The van der Waals surface area contributed by atoms with Crippen molar-refractivity contribution in [1.82, 2.24) is 10.2 Å². The zero-order valence-corrected chi connectivity index (χ0v) is 14.9. The van der Waals surface area contributed by atoms with E-state index in [2.05, 4.69) is 17.4 Å². The Labute approximate surface area is 144 Å². The van der Waals surface area contributed by atoms with Crippen LogP contribution in [0.2, 0.25) is 0 Å². The number of carbonyl (C=O) groups is 2.